The van der Waals surface area contributed by atoms with Gasteiger partial charge in [0.2, 0.25) is 0 Å². The minimum atomic E-state index is -5.05. The average Bonchev–Trinajstić information content (AvgIpc) is 3.05. The number of carbonyl (C=O) groups is 1. The Hall–Kier alpha value is -2.09. The maximum Gasteiger partial charge on any atom is 0.439 e. The lowest BCUT2D eigenvalue weighted by atomic mass is 9.64. The highest BCUT2D eigenvalue weighted by molar-refractivity contribution is 5.93. The van der Waals surface area contributed by atoms with Crippen LogP contribution in [-0.2, 0) is 4.79 Å². The summed E-state index contributed by atoms with van der Waals surface area (Å²) in [5, 5.41) is 15.2. The highest BCUT2D eigenvalue weighted by Crippen LogP contribution is 2.52. The van der Waals surface area contributed by atoms with Gasteiger partial charge in [-0.3, -0.25) is 4.79 Å². The standard InChI is InChI=1S/C25H35F3N2O3/c1-7-23(5,6)17-9-11-20-19(13-17)24(32,25(26,27)28)30(29-20)22(31)14-33-21-12-16(4)8-10-18(21)15(2)3/h8,10,12,15,17,19,32H,7,9,11,13-14H2,1-6H3/t17-,19+,24-/m1/s1. The molecule has 0 spiro atoms. The number of halogens is 3. The van der Waals surface area contributed by atoms with Crippen molar-refractivity contribution < 1.29 is 27.8 Å². The molecule has 0 radical (unpaired) electrons. The number of hydrogen-bond donors (Lipinski definition) is 1. The van der Waals surface area contributed by atoms with Gasteiger partial charge in [-0.2, -0.15) is 23.3 Å². The van der Waals surface area contributed by atoms with Crippen LogP contribution in [0.2, 0.25) is 0 Å². The normalized spacial score (nSPS) is 25.8. The predicted molar refractivity (Wildman–Crippen MR) is 121 cm³/mol. The van der Waals surface area contributed by atoms with Gasteiger partial charge in [-0.1, -0.05) is 53.2 Å². The van der Waals surface area contributed by atoms with E-state index < -0.39 is 30.3 Å². The number of nitrogens with zero attached hydrogens (tertiary/aromatic N) is 2. The zero-order valence-electron chi connectivity index (χ0n) is 20.3. The third-order valence-electron chi connectivity index (χ3n) is 7.52. The number of benzene rings is 1. The summed E-state index contributed by atoms with van der Waals surface area (Å²) in [5.41, 5.74) is -1.53. The second-order valence-electron chi connectivity index (χ2n) is 10.4. The Kier molecular flexibility index (Phi) is 6.91. The fourth-order valence-electron chi connectivity index (χ4n) is 4.91. The molecule has 5 nitrogen and oxygen atoms in total. The van der Waals surface area contributed by atoms with Gasteiger partial charge in [-0.25, -0.2) is 0 Å². The summed E-state index contributed by atoms with van der Waals surface area (Å²) in [6.07, 6.45) is -3.09. The zero-order chi connectivity index (χ0) is 24.8. The molecule has 1 aromatic rings. The van der Waals surface area contributed by atoms with Crippen LogP contribution in [-0.4, -0.2) is 40.2 Å². The lowest BCUT2D eigenvalue weighted by Gasteiger charge is -2.43. The van der Waals surface area contributed by atoms with Crippen molar-refractivity contribution in [3.63, 3.8) is 0 Å². The smallest absolute Gasteiger partial charge is 0.439 e. The molecule has 0 unspecified atom stereocenters. The van der Waals surface area contributed by atoms with Gasteiger partial charge in [-0.05, 0) is 60.6 Å². The van der Waals surface area contributed by atoms with Crippen LogP contribution in [0.1, 0.15) is 77.3 Å². The van der Waals surface area contributed by atoms with Crippen molar-refractivity contribution in [3.05, 3.63) is 29.3 Å². The Morgan fingerprint density at radius 1 is 1.33 bits per heavy atom. The Balaban J connectivity index is 1.86. The van der Waals surface area contributed by atoms with E-state index in [0.29, 0.717) is 18.6 Å². The molecule has 8 heteroatoms. The fourth-order valence-corrected chi connectivity index (χ4v) is 4.91. The van der Waals surface area contributed by atoms with Gasteiger partial charge in [0.1, 0.15) is 5.75 Å². The van der Waals surface area contributed by atoms with E-state index in [1.807, 2.05) is 53.7 Å². The Morgan fingerprint density at radius 3 is 2.58 bits per heavy atom. The van der Waals surface area contributed by atoms with E-state index in [9.17, 15) is 23.1 Å². The van der Waals surface area contributed by atoms with E-state index in [0.717, 1.165) is 17.5 Å². The van der Waals surface area contributed by atoms with Crippen molar-refractivity contribution in [1.29, 1.82) is 0 Å². The largest absolute Gasteiger partial charge is 0.483 e. The fraction of sp³-hybridized carbons (Fsp3) is 0.680. The van der Waals surface area contributed by atoms with Crippen LogP contribution < -0.4 is 4.74 Å². The molecule has 1 fully saturated rings. The van der Waals surface area contributed by atoms with E-state index in [1.165, 1.54) is 0 Å². The van der Waals surface area contributed by atoms with Gasteiger partial charge in [0.05, 0.1) is 5.92 Å². The molecule has 0 aromatic heterocycles. The highest BCUT2D eigenvalue weighted by Gasteiger charge is 2.69. The minimum Gasteiger partial charge on any atom is -0.483 e. The van der Waals surface area contributed by atoms with Gasteiger partial charge < -0.3 is 9.84 Å². The molecule has 3 atom stereocenters. The summed E-state index contributed by atoms with van der Waals surface area (Å²) < 4.78 is 48.4. The van der Waals surface area contributed by atoms with Crippen molar-refractivity contribution in [1.82, 2.24) is 5.01 Å². The lowest BCUT2D eigenvalue weighted by Crippen LogP contribution is -2.62. The number of alkyl halides is 3. The van der Waals surface area contributed by atoms with E-state index in [4.69, 9.17) is 4.74 Å². The van der Waals surface area contributed by atoms with Crippen molar-refractivity contribution in [2.24, 2.45) is 22.4 Å². The molecule has 1 N–H and O–H groups in total. The van der Waals surface area contributed by atoms with Crippen LogP contribution in [0.5, 0.6) is 5.75 Å². The lowest BCUT2D eigenvalue weighted by molar-refractivity contribution is -0.318. The van der Waals surface area contributed by atoms with Crippen LogP contribution in [0.4, 0.5) is 13.2 Å². The van der Waals surface area contributed by atoms with E-state index in [2.05, 4.69) is 5.10 Å². The predicted octanol–water partition coefficient (Wildman–Crippen LogP) is 5.80. The summed E-state index contributed by atoms with van der Waals surface area (Å²) in [5.74, 6) is -1.73. The van der Waals surface area contributed by atoms with Crippen molar-refractivity contribution in [2.75, 3.05) is 6.61 Å². The number of ether oxygens (including phenoxy) is 1. The summed E-state index contributed by atoms with van der Waals surface area (Å²) in [6.45, 7) is 11.2. The molecule has 1 aliphatic carbocycles. The molecule has 1 heterocycles. The molecule has 1 aromatic carbocycles. The number of carbonyl (C=O) groups excluding carboxylic acids is 1. The first kappa shape index (κ1) is 25.5. The molecule has 0 saturated heterocycles. The van der Waals surface area contributed by atoms with E-state index >= 15 is 0 Å². The maximum atomic E-state index is 14.3. The Bertz CT molecular complexity index is 926. The molecule has 2 aliphatic rings. The van der Waals surface area contributed by atoms with Crippen LogP contribution >= 0.6 is 0 Å². The van der Waals surface area contributed by atoms with E-state index in [-0.39, 0.29) is 34.4 Å². The summed E-state index contributed by atoms with van der Waals surface area (Å²) in [7, 11) is 0. The first-order chi connectivity index (χ1) is 15.2. The van der Waals surface area contributed by atoms with Gasteiger partial charge in [0.15, 0.2) is 6.61 Å². The molecule has 1 aliphatic heterocycles. The summed E-state index contributed by atoms with van der Waals surface area (Å²) >= 11 is 0. The third kappa shape index (κ3) is 4.63. The highest BCUT2D eigenvalue weighted by atomic mass is 19.4. The number of amides is 1. The van der Waals surface area contributed by atoms with Crippen molar-refractivity contribution in [3.8, 4) is 5.75 Å². The van der Waals surface area contributed by atoms with Gasteiger partial charge >= 0.3 is 6.18 Å². The third-order valence-corrected chi connectivity index (χ3v) is 7.52. The van der Waals surface area contributed by atoms with Gasteiger partial charge in [0, 0.05) is 5.71 Å². The molecular weight excluding hydrogens is 433 g/mol. The molecule has 1 saturated carbocycles. The van der Waals surface area contributed by atoms with Gasteiger partial charge in [-0.15, -0.1) is 0 Å². The molecule has 3 rings (SSSR count). The number of aryl methyl sites for hydroxylation is 1. The first-order valence-electron chi connectivity index (χ1n) is 11.6. The molecule has 184 valence electrons. The summed E-state index contributed by atoms with van der Waals surface area (Å²) in [6, 6.07) is 5.55. The monoisotopic (exact) mass is 468 g/mol. The number of aliphatic hydroxyl groups is 1. The van der Waals surface area contributed by atoms with E-state index in [1.54, 1.807) is 6.07 Å². The molecular formula is C25H35F3N2O3. The number of fused-ring (bicyclic) bond motifs is 1. The zero-order valence-corrected chi connectivity index (χ0v) is 20.3. The number of hydrazone groups is 1. The average molecular weight is 469 g/mol. The topological polar surface area (TPSA) is 62.1 Å². The maximum absolute atomic E-state index is 14.3. The van der Waals surface area contributed by atoms with Crippen LogP contribution in [0, 0.1) is 24.2 Å². The second-order valence-corrected chi connectivity index (χ2v) is 10.4. The first-order valence-corrected chi connectivity index (χ1v) is 11.6. The van der Waals surface area contributed by atoms with Crippen LogP contribution in [0.3, 0.4) is 0 Å². The SMILES string of the molecule is CCC(C)(C)[C@@H]1CCC2=NN(C(=O)COc3cc(C)ccc3C(C)C)[C@](O)(C(F)(F)F)[C@H]2C1. The van der Waals surface area contributed by atoms with Crippen LogP contribution in [0.15, 0.2) is 23.3 Å². The minimum absolute atomic E-state index is 0.00692. The Morgan fingerprint density at radius 2 is 2.00 bits per heavy atom. The van der Waals surface area contributed by atoms with Crippen molar-refractivity contribution >= 4 is 11.6 Å². The molecule has 33 heavy (non-hydrogen) atoms. The summed E-state index contributed by atoms with van der Waals surface area (Å²) in [4.78, 5) is 13.0. The van der Waals surface area contributed by atoms with Crippen molar-refractivity contribution in [2.45, 2.75) is 85.0 Å². The number of hydrogen-bond acceptors (Lipinski definition) is 4. The molecule has 1 amide bonds. The number of rotatable bonds is 6. The van der Waals surface area contributed by atoms with Crippen LogP contribution in [0.25, 0.3) is 0 Å². The quantitative estimate of drug-likeness (QED) is 0.574. The van der Waals surface area contributed by atoms with Gasteiger partial charge in [0.25, 0.3) is 11.6 Å². The Labute approximate surface area is 194 Å². The molecule has 0 bridgehead atoms. The second kappa shape index (κ2) is 8.93.